The normalized spacial score (nSPS) is 12.7. The van der Waals surface area contributed by atoms with Crippen molar-refractivity contribution >= 4 is 29.3 Å². The predicted octanol–water partition coefficient (Wildman–Crippen LogP) is 3.88. The highest BCUT2D eigenvalue weighted by Gasteiger charge is 2.23. The van der Waals surface area contributed by atoms with E-state index in [9.17, 15) is 24.1 Å². The summed E-state index contributed by atoms with van der Waals surface area (Å²) in [5.41, 5.74) is 0.469. The maximum atomic E-state index is 13.0. The quantitative estimate of drug-likeness (QED) is 0.324. The maximum absolute atomic E-state index is 13.0. The Bertz CT molecular complexity index is 888. The van der Waals surface area contributed by atoms with Gasteiger partial charge in [-0.25, -0.2) is 9.18 Å². The summed E-state index contributed by atoms with van der Waals surface area (Å²) in [7, 11) is 0. The number of nitro groups is 1. The topological polar surface area (TPSA) is 98.5 Å². The number of esters is 1. The van der Waals surface area contributed by atoms with Gasteiger partial charge in [-0.1, -0.05) is 12.1 Å². The standard InChI is InChI=1S/C19H19FN2O5S/c1-11(13-4-7-15(20)8-5-13)21-18(23)12(2)27-19(24)14-6-9-17(28-3)16(10-14)22(25)26/h4-12H,1-3H3,(H,21,23)/t11-,12+/m1/s1. The van der Waals surface area contributed by atoms with Gasteiger partial charge in [0.25, 0.3) is 11.6 Å². The number of nitrogens with one attached hydrogen (secondary N) is 1. The van der Waals surface area contributed by atoms with Crippen LogP contribution in [0.25, 0.3) is 0 Å². The van der Waals surface area contributed by atoms with E-state index in [1.807, 2.05) is 0 Å². The SMILES string of the molecule is CSc1ccc(C(=O)O[C@@H](C)C(=O)N[C@H](C)c2ccc(F)cc2)cc1[N+](=O)[O-]. The van der Waals surface area contributed by atoms with Crippen LogP contribution in [0.5, 0.6) is 0 Å². The lowest BCUT2D eigenvalue weighted by molar-refractivity contribution is -0.387. The first-order valence-electron chi connectivity index (χ1n) is 8.32. The molecule has 0 unspecified atom stereocenters. The first kappa shape index (κ1) is 21.4. The van der Waals surface area contributed by atoms with Crippen LogP contribution in [0.2, 0.25) is 0 Å². The van der Waals surface area contributed by atoms with E-state index in [1.165, 1.54) is 43.0 Å². The summed E-state index contributed by atoms with van der Waals surface area (Å²) >= 11 is 1.19. The van der Waals surface area contributed by atoms with Gasteiger partial charge in [0.05, 0.1) is 21.4 Å². The Morgan fingerprint density at radius 2 is 1.82 bits per heavy atom. The summed E-state index contributed by atoms with van der Waals surface area (Å²) in [5, 5.41) is 13.8. The van der Waals surface area contributed by atoms with Crippen molar-refractivity contribution in [2.75, 3.05) is 6.26 Å². The van der Waals surface area contributed by atoms with E-state index >= 15 is 0 Å². The van der Waals surface area contributed by atoms with Crippen LogP contribution in [0, 0.1) is 15.9 Å². The van der Waals surface area contributed by atoms with E-state index in [2.05, 4.69) is 5.32 Å². The molecule has 2 atom stereocenters. The molecule has 0 aliphatic rings. The van der Waals surface area contributed by atoms with Crippen molar-refractivity contribution in [2.24, 2.45) is 0 Å². The number of amides is 1. The van der Waals surface area contributed by atoms with Gasteiger partial charge in [0, 0.05) is 6.07 Å². The number of thioether (sulfide) groups is 1. The number of ether oxygens (including phenoxy) is 1. The molecular formula is C19H19FN2O5S. The fourth-order valence-electron chi connectivity index (χ4n) is 2.41. The number of nitrogens with zero attached hydrogens (tertiary/aromatic N) is 1. The summed E-state index contributed by atoms with van der Waals surface area (Å²) in [6, 6.07) is 9.23. The molecule has 0 fully saturated rings. The van der Waals surface area contributed by atoms with Crippen LogP contribution in [-0.2, 0) is 9.53 Å². The molecule has 0 radical (unpaired) electrons. The van der Waals surface area contributed by atoms with Crippen LogP contribution >= 0.6 is 11.8 Å². The predicted molar refractivity (Wildman–Crippen MR) is 103 cm³/mol. The van der Waals surface area contributed by atoms with E-state index in [4.69, 9.17) is 4.74 Å². The van der Waals surface area contributed by atoms with Gasteiger partial charge in [-0.3, -0.25) is 14.9 Å². The Morgan fingerprint density at radius 3 is 2.39 bits per heavy atom. The minimum atomic E-state index is -1.12. The van der Waals surface area contributed by atoms with Gasteiger partial charge in [-0.15, -0.1) is 11.8 Å². The largest absolute Gasteiger partial charge is 0.449 e. The molecule has 28 heavy (non-hydrogen) atoms. The molecule has 0 heterocycles. The van der Waals surface area contributed by atoms with Crippen molar-refractivity contribution in [3.63, 3.8) is 0 Å². The molecule has 7 nitrogen and oxygen atoms in total. The smallest absolute Gasteiger partial charge is 0.339 e. The van der Waals surface area contributed by atoms with Gasteiger partial charge in [0.2, 0.25) is 0 Å². The van der Waals surface area contributed by atoms with Crippen LogP contribution in [0.15, 0.2) is 47.4 Å². The molecule has 148 valence electrons. The molecule has 0 aliphatic heterocycles. The lowest BCUT2D eigenvalue weighted by Crippen LogP contribution is -2.37. The molecule has 1 N–H and O–H groups in total. The van der Waals surface area contributed by atoms with Gasteiger partial charge in [0.1, 0.15) is 5.82 Å². The molecule has 0 saturated heterocycles. The first-order chi connectivity index (χ1) is 13.2. The van der Waals surface area contributed by atoms with Gasteiger partial charge >= 0.3 is 5.97 Å². The third kappa shape index (κ3) is 5.29. The van der Waals surface area contributed by atoms with Crippen molar-refractivity contribution in [1.29, 1.82) is 0 Å². The zero-order valence-corrected chi connectivity index (χ0v) is 16.3. The van der Waals surface area contributed by atoms with Crippen LogP contribution in [-0.4, -0.2) is 29.2 Å². The summed E-state index contributed by atoms with van der Waals surface area (Å²) in [4.78, 5) is 35.5. The monoisotopic (exact) mass is 406 g/mol. The number of nitro benzene ring substituents is 1. The second-order valence-corrected chi connectivity index (χ2v) is 6.82. The molecule has 0 spiro atoms. The van der Waals surface area contributed by atoms with Crippen LogP contribution < -0.4 is 5.32 Å². The fraction of sp³-hybridized carbons (Fsp3) is 0.263. The van der Waals surface area contributed by atoms with E-state index in [1.54, 1.807) is 25.3 Å². The molecule has 0 bridgehead atoms. The Labute approximate surface area is 165 Å². The summed E-state index contributed by atoms with van der Waals surface area (Å²) < 4.78 is 18.1. The zero-order valence-electron chi connectivity index (χ0n) is 15.5. The zero-order chi connectivity index (χ0) is 20.8. The second-order valence-electron chi connectivity index (χ2n) is 5.97. The highest BCUT2D eigenvalue weighted by Crippen LogP contribution is 2.28. The van der Waals surface area contributed by atoms with Crippen molar-refractivity contribution in [2.45, 2.75) is 30.9 Å². The Balaban J connectivity index is 2.03. The number of benzene rings is 2. The third-order valence-corrected chi connectivity index (χ3v) is 4.78. The van der Waals surface area contributed by atoms with Gasteiger partial charge in [0.15, 0.2) is 6.10 Å². The van der Waals surface area contributed by atoms with E-state index in [-0.39, 0.29) is 17.1 Å². The average Bonchev–Trinajstić information content (AvgIpc) is 2.67. The number of carbonyl (C=O) groups excluding carboxylic acids is 2. The Kier molecular flexibility index (Phi) is 7.11. The van der Waals surface area contributed by atoms with Crippen molar-refractivity contribution < 1.29 is 23.6 Å². The van der Waals surface area contributed by atoms with Crippen LogP contribution in [0.4, 0.5) is 10.1 Å². The number of hydrogen-bond donors (Lipinski definition) is 1. The van der Waals surface area contributed by atoms with Gasteiger partial charge < -0.3 is 10.1 Å². The summed E-state index contributed by atoms with van der Waals surface area (Å²) in [6.07, 6.45) is 0.573. The van der Waals surface area contributed by atoms with E-state index in [0.717, 1.165) is 6.07 Å². The van der Waals surface area contributed by atoms with Gasteiger partial charge in [-0.2, -0.15) is 0 Å². The molecule has 9 heteroatoms. The highest BCUT2D eigenvalue weighted by molar-refractivity contribution is 7.98. The molecule has 0 saturated carbocycles. The molecule has 0 aromatic heterocycles. The Hall–Kier alpha value is -2.94. The third-order valence-electron chi connectivity index (χ3n) is 3.99. The molecular weight excluding hydrogens is 387 g/mol. The minimum Gasteiger partial charge on any atom is -0.449 e. The van der Waals surface area contributed by atoms with Crippen molar-refractivity contribution in [3.8, 4) is 0 Å². The maximum Gasteiger partial charge on any atom is 0.339 e. The average molecular weight is 406 g/mol. The van der Waals surface area contributed by atoms with Crippen LogP contribution in [0.3, 0.4) is 0 Å². The molecule has 2 aromatic carbocycles. The highest BCUT2D eigenvalue weighted by atomic mass is 32.2. The van der Waals surface area contributed by atoms with Gasteiger partial charge in [-0.05, 0) is 49.9 Å². The molecule has 1 amide bonds. The number of carbonyl (C=O) groups is 2. The second kappa shape index (κ2) is 9.32. The summed E-state index contributed by atoms with van der Waals surface area (Å²) in [5.74, 6) is -1.76. The number of halogens is 1. The van der Waals surface area contributed by atoms with E-state index < -0.39 is 28.9 Å². The lowest BCUT2D eigenvalue weighted by Gasteiger charge is -2.18. The molecule has 0 aliphatic carbocycles. The molecule has 2 rings (SSSR count). The van der Waals surface area contributed by atoms with Crippen molar-refractivity contribution in [3.05, 3.63) is 69.5 Å². The Morgan fingerprint density at radius 1 is 1.18 bits per heavy atom. The fourth-order valence-corrected chi connectivity index (χ4v) is 2.95. The van der Waals surface area contributed by atoms with Crippen molar-refractivity contribution in [1.82, 2.24) is 5.32 Å². The first-order valence-corrected chi connectivity index (χ1v) is 9.54. The van der Waals surface area contributed by atoms with Crippen LogP contribution in [0.1, 0.15) is 35.8 Å². The minimum absolute atomic E-state index is 0.0178. The number of hydrogen-bond acceptors (Lipinski definition) is 6. The summed E-state index contributed by atoms with van der Waals surface area (Å²) in [6.45, 7) is 3.11. The van der Waals surface area contributed by atoms with E-state index in [0.29, 0.717) is 10.5 Å². The molecule has 2 aromatic rings. The number of rotatable bonds is 7. The lowest BCUT2D eigenvalue weighted by atomic mass is 10.1.